The van der Waals surface area contributed by atoms with E-state index in [9.17, 15) is 0 Å². The van der Waals surface area contributed by atoms with Crippen molar-refractivity contribution in [3.05, 3.63) is 48.4 Å². The summed E-state index contributed by atoms with van der Waals surface area (Å²) in [7, 11) is 0. The van der Waals surface area contributed by atoms with Crippen molar-refractivity contribution in [1.29, 1.82) is 0 Å². The molecule has 0 aromatic carbocycles. The van der Waals surface area contributed by atoms with E-state index in [1.165, 1.54) is 18.4 Å². The summed E-state index contributed by atoms with van der Waals surface area (Å²) in [6.45, 7) is 3.02. The topological polar surface area (TPSA) is 41.1 Å². The molecule has 0 spiro atoms. The molecule has 98 valence electrons. The standard InChI is InChI=1S/C15H18N4/c1-2-11-19(10-1)15-14(4-3-7-17-15)18-12-13-5-8-16-9-6-13/h3-9,18H,1-2,10-12H2. The highest BCUT2D eigenvalue weighted by molar-refractivity contribution is 5.65. The Bertz CT molecular complexity index is 521. The minimum atomic E-state index is 0.801. The lowest BCUT2D eigenvalue weighted by atomic mass is 10.2. The van der Waals surface area contributed by atoms with E-state index in [1.807, 2.05) is 36.8 Å². The van der Waals surface area contributed by atoms with Crippen molar-refractivity contribution in [2.24, 2.45) is 0 Å². The highest BCUT2D eigenvalue weighted by Gasteiger charge is 2.16. The third kappa shape index (κ3) is 2.84. The average molecular weight is 254 g/mol. The van der Waals surface area contributed by atoms with E-state index in [2.05, 4.69) is 26.3 Å². The van der Waals surface area contributed by atoms with Crippen LogP contribution in [0.3, 0.4) is 0 Å². The molecular weight excluding hydrogens is 236 g/mol. The van der Waals surface area contributed by atoms with Gasteiger partial charge in [0.15, 0.2) is 5.82 Å². The fourth-order valence-electron chi connectivity index (χ4n) is 2.41. The lowest BCUT2D eigenvalue weighted by molar-refractivity contribution is 0.934. The molecular formula is C15H18N4. The number of nitrogens with zero attached hydrogens (tertiary/aromatic N) is 3. The van der Waals surface area contributed by atoms with Crippen LogP contribution in [0.2, 0.25) is 0 Å². The first kappa shape index (κ1) is 12.0. The fourth-order valence-corrected chi connectivity index (χ4v) is 2.41. The zero-order chi connectivity index (χ0) is 12.9. The minimum Gasteiger partial charge on any atom is -0.378 e. The first-order valence-electron chi connectivity index (χ1n) is 6.76. The first-order valence-corrected chi connectivity index (χ1v) is 6.76. The second-order valence-corrected chi connectivity index (χ2v) is 4.78. The zero-order valence-corrected chi connectivity index (χ0v) is 10.9. The van der Waals surface area contributed by atoms with Gasteiger partial charge in [0, 0.05) is 38.2 Å². The summed E-state index contributed by atoms with van der Waals surface area (Å²) in [6, 6.07) is 8.13. The van der Waals surface area contributed by atoms with Gasteiger partial charge in [0.05, 0.1) is 5.69 Å². The van der Waals surface area contributed by atoms with Gasteiger partial charge in [-0.1, -0.05) is 0 Å². The van der Waals surface area contributed by atoms with Crippen LogP contribution >= 0.6 is 0 Å². The van der Waals surface area contributed by atoms with Crippen molar-refractivity contribution in [3.8, 4) is 0 Å². The van der Waals surface area contributed by atoms with Gasteiger partial charge >= 0.3 is 0 Å². The molecule has 1 aliphatic heterocycles. The van der Waals surface area contributed by atoms with Crippen molar-refractivity contribution in [3.63, 3.8) is 0 Å². The summed E-state index contributed by atoms with van der Waals surface area (Å²) in [5.74, 6) is 1.08. The number of nitrogens with one attached hydrogen (secondary N) is 1. The van der Waals surface area contributed by atoms with Crippen molar-refractivity contribution in [2.75, 3.05) is 23.3 Å². The van der Waals surface area contributed by atoms with Gasteiger partial charge in [0.2, 0.25) is 0 Å². The third-order valence-electron chi connectivity index (χ3n) is 3.42. The Kier molecular flexibility index (Phi) is 3.58. The first-order chi connectivity index (χ1) is 9.43. The Morgan fingerprint density at radius 2 is 1.84 bits per heavy atom. The second kappa shape index (κ2) is 5.69. The third-order valence-corrected chi connectivity index (χ3v) is 3.42. The maximum Gasteiger partial charge on any atom is 0.151 e. The predicted molar refractivity (Wildman–Crippen MR) is 77.2 cm³/mol. The lowest BCUT2D eigenvalue weighted by Crippen LogP contribution is -2.20. The van der Waals surface area contributed by atoms with Gasteiger partial charge < -0.3 is 10.2 Å². The quantitative estimate of drug-likeness (QED) is 0.910. The second-order valence-electron chi connectivity index (χ2n) is 4.78. The van der Waals surface area contributed by atoms with E-state index in [1.54, 1.807) is 0 Å². The van der Waals surface area contributed by atoms with Crippen LogP contribution in [0.5, 0.6) is 0 Å². The van der Waals surface area contributed by atoms with E-state index in [4.69, 9.17) is 0 Å². The molecule has 0 bridgehead atoms. The average Bonchev–Trinajstić information content (AvgIpc) is 3.01. The number of hydrogen-bond acceptors (Lipinski definition) is 4. The molecule has 1 saturated heterocycles. The molecule has 0 atom stereocenters. The molecule has 0 aliphatic carbocycles. The molecule has 1 N–H and O–H groups in total. The SMILES string of the molecule is c1cnc(N2CCCC2)c(NCc2ccncc2)c1. The molecule has 1 aliphatic rings. The minimum absolute atomic E-state index is 0.801. The van der Waals surface area contributed by atoms with Gasteiger partial charge in [0.1, 0.15) is 0 Å². The Hall–Kier alpha value is -2.10. The largest absolute Gasteiger partial charge is 0.378 e. The summed E-state index contributed by atoms with van der Waals surface area (Å²) in [4.78, 5) is 10.9. The van der Waals surface area contributed by atoms with Crippen molar-refractivity contribution < 1.29 is 0 Å². The summed E-state index contributed by atoms with van der Waals surface area (Å²) >= 11 is 0. The van der Waals surface area contributed by atoms with E-state index >= 15 is 0 Å². The number of rotatable bonds is 4. The molecule has 0 radical (unpaired) electrons. The molecule has 1 fully saturated rings. The van der Waals surface area contributed by atoms with Crippen molar-refractivity contribution in [1.82, 2.24) is 9.97 Å². The Balaban J connectivity index is 1.73. The van der Waals surface area contributed by atoms with E-state index < -0.39 is 0 Å². The van der Waals surface area contributed by atoms with Crippen LogP contribution in [0.15, 0.2) is 42.9 Å². The Labute approximate surface area is 113 Å². The molecule has 2 aromatic rings. The summed E-state index contributed by atoms with van der Waals surface area (Å²) < 4.78 is 0. The van der Waals surface area contributed by atoms with Crippen LogP contribution in [0.1, 0.15) is 18.4 Å². The summed E-state index contributed by atoms with van der Waals surface area (Å²) in [6.07, 6.45) is 8.04. The van der Waals surface area contributed by atoms with Gasteiger partial charge in [-0.05, 0) is 42.7 Å². The molecule has 4 nitrogen and oxygen atoms in total. The van der Waals surface area contributed by atoms with Gasteiger partial charge in [-0.15, -0.1) is 0 Å². The smallest absolute Gasteiger partial charge is 0.151 e. The van der Waals surface area contributed by atoms with Crippen LogP contribution in [0, 0.1) is 0 Å². The Morgan fingerprint density at radius 3 is 2.63 bits per heavy atom. The maximum absolute atomic E-state index is 4.52. The molecule has 3 rings (SSSR count). The number of pyridine rings is 2. The van der Waals surface area contributed by atoms with Gasteiger partial charge in [-0.3, -0.25) is 4.98 Å². The van der Waals surface area contributed by atoms with Crippen molar-refractivity contribution >= 4 is 11.5 Å². The summed E-state index contributed by atoms with van der Waals surface area (Å²) in [5.41, 5.74) is 2.34. The zero-order valence-electron chi connectivity index (χ0n) is 10.9. The van der Waals surface area contributed by atoms with Crippen molar-refractivity contribution in [2.45, 2.75) is 19.4 Å². The monoisotopic (exact) mass is 254 g/mol. The van der Waals surface area contributed by atoms with Crippen LogP contribution in [0.4, 0.5) is 11.5 Å². The Morgan fingerprint density at radius 1 is 1.05 bits per heavy atom. The normalized spacial score (nSPS) is 14.6. The molecule has 0 saturated carbocycles. The molecule has 0 amide bonds. The van der Waals surface area contributed by atoms with Crippen LogP contribution in [0.25, 0.3) is 0 Å². The fraction of sp³-hybridized carbons (Fsp3) is 0.333. The number of hydrogen-bond donors (Lipinski definition) is 1. The molecule has 19 heavy (non-hydrogen) atoms. The van der Waals surface area contributed by atoms with Crippen LogP contribution in [-0.4, -0.2) is 23.1 Å². The maximum atomic E-state index is 4.52. The molecule has 2 aromatic heterocycles. The molecule has 0 unspecified atom stereocenters. The molecule has 3 heterocycles. The van der Waals surface area contributed by atoms with Gasteiger partial charge in [-0.25, -0.2) is 4.98 Å². The van der Waals surface area contributed by atoms with Gasteiger partial charge in [0.25, 0.3) is 0 Å². The van der Waals surface area contributed by atoms with Crippen LogP contribution in [-0.2, 0) is 6.54 Å². The number of aromatic nitrogens is 2. The van der Waals surface area contributed by atoms with E-state index in [-0.39, 0.29) is 0 Å². The lowest BCUT2D eigenvalue weighted by Gasteiger charge is -2.20. The van der Waals surface area contributed by atoms with E-state index in [0.29, 0.717) is 0 Å². The highest BCUT2D eigenvalue weighted by atomic mass is 15.2. The highest BCUT2D eigenvalue weighted by Crippen LogP contribution is 2.26. The summed E-state index contributed by atoms with van der Waals surface area (Å²) in [5, 5.41) is 3.47. The molecule has 4 heteroatoms. The van der Waals surface area contributed by atoms with Gasteiger partial charge in [-0.2, -0.15) is 0 Å². The van der Waals surface area contributed by atoms with E-state index in [0.717, 1.165) is 31.1 Å². The number of anilines is 2. The van der Waals surface area contributed by atoms with Crippen LogP contribution < -0.4 is 10.2 Å². The predicted octanol–water partition coefficient (Wildman–Crippen LogP) is 2.69.